The zero-order chi connectivity index (χ0) is 19.2. The first-order valence-electron chi connectivity index (χ1n) is 8.82. The van der Waals surface area contributed by atoms with Crippen molar-refractivity contribution in [3.63, 3.8) is 0 Å². The smallest absolute Gasteiger partial charge is 0.280 e. The molecule has 2 atom stereocenters. The summed E-state index contributed by atoms with van der Waals surface area (Å²) in [6, 6.07) is 1.32. The lowest BCUT2D eigenvalue weighted by molar-refractivity contribution is -0.136. The number of nitrogens with zero attached hydrogens (tertiary/aromatic N) is 5. The van der Waals surface area contributed by atoms with E-state index in [9.17, 15) is 22.0 Å². The lowest BCUT2D eigenvalue weighted by atomic mass is 9.93. The Hall–Kier alpha value is -2.17. The van der Waals surface area contributed by atoms with Crippen LogP contribution in [0.1, 0.15) is 43.0 Å². The molecule has 0 saturated carbocycles. The molecule has 0 spiro atoms. The molecule has 0 aromatic carbocycles. The molecule has 0 radical (unpaired) electrons. The van der Waals surface area contributed by atoms with Gasteiger partial charge in [-0.05, 0) is 25.3 Å². The van der Waals surface area contributed by atoms with Crippen LogP contribution in [0.25, 0.3) is 5.78 Å². The molecule has 8 nitrogen and oxygen atoms in total. The maximum Gasteiger partial charge on any atom is 0.280 e. The fourth-order valence-electron chi connectivity index (χ4n) is 3.89. The van der Waals surface area contributed by atoms with E-state index in [0.29, 0.717) is 38.0 Å². The predicted molar refractivity (Wildman–Crippen MR) is 91.1 cm³/mol. The summed E-state index contributed by atoms with van der Waals surface area (Å²) in [5.74, 6) is -0.820. The third kappa shape index (κ3) is 3.52. The summed E-state index contributed by atoms with van der Waals surface area (Å²) in [5, 5.41) is 3.78. The number of amides is 1. The molecule has 2 aromatic heterocycles. The minimum absolute atomic E-state index is 0.0452. The van der Waals surface area contributed by atoms with Crippen LogP contribution in [0.2, 0.25) is 0 Å². The van der Waals surface area contributed by atoms with E-state index in [-0.39, 0.29) is 34.8 Å². The molecular formula is C16H19F2N5O3S. The van der Waals surface area contributed by atoms with Gasteiger partial charge in [0.1, 0.15) is 12.0 Å². The van der Waals surface area contributed by atoms with Gasteiger partial charge in [-0.25, -0.2) is 22.2 Å². The predicted octanol–water partition coefficient (Wildman–Crippen LogP) is 1.20. The maximum atomic E-state index is 13.4. The van der Waals surface area contributed by atoms with Gasteiger partial charge in [-0.2, -0.15) is 14.6 Å². The number of piperidine rings is 1. The largest absolute Gasteiger partial charge is 0.342 e. The molecule has 146 valence electrons. The van der Waals surface area contributed by atoms with Crippen LogP contribution in [0.3, 0.4) is 0 Å². The fourth-order valence-corrected chi connectivity index (χ4v) is 5.62. The molecule has 2 aliphatic heterocycles. The first-order chi connectivity index (χ1) is 12.8. The standard InChI is InChI=1S/C16H19F2N5O3S/c17-14(18)13-6-12(21-16-19-9-20-23(13)16)10-2-1-4-22(7-10)15(24)11-3-5-27(25,26)8-11/h6,9-11,14H,1-5,7-8H2. The average molecular weight is 399 g/mol. The van der Waals surface area contributed by atoms with E-state index in [0.717, 1.165) is 4.52 Å². The summed E-state index contributed by atoms with van der Waals surface area (Å²) in [6.07, 6.45) is 0.226. The fraction of sp³-hybridized carbons (Fsp3) is 0.625. The molecule has 2 unspecified atom stereocenters. The van der Waals surface area contributed by atoms with Crippen molar-refractivity contribution in [2.75, 3.05) is 24.6 Å². The van der Waals surface area contributed by atoms with Gasteiger partial charge in [0.05, 0.1) is 23.1 Å². The summed E-state index contributed by atoms with van der Waals surface area (Å²) in [4.78, 5) is 22.6. The third-order valence-electron chi connectivity index (χ3n) is 5.26. The van der Waals surface area contributed by atoms with Gasteiger partial charge < -0.3 is 4.90 Å². The Balaban J connectivity index is 1.56. The summed E-state index contributed by atoms with van der Waals surface area (Å²) >= 11 is 0. The van der Waals surface area contributed by atoms with Crippen LogP contribution in [0.5, 0.6) is 0 Å². The van der Waals surface area contributed by atoms with Crippen molar-refractivity contribution >= 4 is 21.5 Å². The highest BCUT2D eigenvalue weighted by Crippen LogP contribution is 2.30. The van der Waals surface area contributed by atoms with Crippen molar-refractivity contribution in [1.82, 2.24) is 24.5 Å². The number of hydrogen-bond acceptors (Lipinski definition) is 6. The monoisotopic (exact) mass is 399 g/mol. The van der Waals surface area contributed by atoms with Crippen molar-refractivity contribution in [1.29, 1.82) is 0 Å². The molecule has 0 bridgehead atoms. The van der Waals surface area contributed by atoms with E-state index in [1.54, 1.807) is 4.90 Å². The van der Waals surface area contributed by atoms with E-state index >= 15 is 0 Å². The van der Waals surface area contributed by atoms with Crippen molar-refractivity contribution < 1.29 is 22.0 Å². The van der Waals surface area contributed by atoms with Gasteiger partial charge in [0.25, 0.3) is 12.2 Å². The van der Waals surface area contributed by atoms with Crippen molar-refractivity contribution in [3.05, 3.63) is 23.8 Å². The number of sulfone groups is 1. The number of aromatic nitrogens is 4. The summed E-state index contributed by atoms with van der Waals surface area (Å²) in [7, 11) is -3.14. The van der Waals surface area contributed by atoms with Crippen LogP contribution in [0.4, 0.5) is 8.78 Å². The first kappa shape index (κ1) is 18.2. The van der Waals surface area contributed by atoms with E-state index in [2.05, 4.69) is 15.1 Å². The SMILES string of the molecule is O=C(C1CCS(=O)(=O)C1)N1CCCC(c2cc(C(F)F)n3ncnc3n2)C1. The van der Waals surface area contributed by atoms with Crippen LogP contribution in [-0.4, -0.2) is 63.4 Å². The van der Waals surface area contributed by atoms with Gasteiger partial charge in [0.15, 0.2) is 9.84 Å². The zero-order valence-corrected chi connectivity index (χ0v) is 15.3. The van der Waals surface area contributed by atoms with E-state index in [1.165, 1.54) is 12.4 Å². The van der Waals surface area contributed by atoms with Crippen LogP contribution in [0, 0.1) is 5.92 Å². The Morgan fingerprint density at radius 2 is 2.11 bits per heavy atom. The molecule has 4 rings (SSSR count). The molecule has 11 heteroatoms. The van der Waals surface area contributed by atoms with Gasteiger partial charge in [0.2, 0.25) is 5.91 Å². The third-order valence-corrected chi connectivity index (χ3v) is 7.02. The highest BCUT2D eigenvalue weighted by molar-refractivity contribution is 7.91. The number of rotatable bonds is 3. The molecule has 4 heterocycles. The van der Waals surface area contributed by atoms with E-state index in [1.807, 2.05) is 0 Å². The minimum atomic E-state index is -3.14. The number of fused-ring (bicyclic) bond motifs is 1. The first-order valence-corrected chi connectivity index (χ1v) is 10.6. The Morgan fingerprint density at radius 1 is 1.30 bits per heavy atom. The number of hydrogen-bond donors (Lipinski definition) is 0. The molecule has 2 fully saturated rings. The van der Waals surface area contributed by atoms with Gasteiger partial charge in [-0.3, -0.25) is 4.79 Å². The Labute approximate surface area is 154 Å². The quantitative estimate of drug-likeness (QED) is 0.769. The van der Waals surface area contributed by atoms with Gasteiger partial charge in [-0.15, -0.1) is 0 Å². The van der Waals surface area contributed by atoms with E-state index in [4.69, 9.17) is 0 Å². The second-order valence-electron chi connectivity index (χ2n) is 7.10. The normalized spacial score (nSPS) is 25.4. The second kappa shape index (κ2) is 6.77. The molecule has 2 aliphatic rings. The van der Waals surface area contributed by atoms with Gasteiger partial charge in [-0.1, -0.05) is 0 Å². The lowest BCUT2D eigenvalue weighted by Gasteiger charge is -2.34. The number of alkyl halides is 2. The van der Waals surface area contributed by atoms with Gasteiger partial charge in [0, 0.05) is 19.0 Å². The topological polar surface area (TPSA) is 97.5 Å². The Kier molecular flexibility index (Phi) is 4.57. The van der Waals surface area contributed by atoms with Crippen LogP contribution in [0.15, 0.2) is 12.4 Å². The maximum absolute atomic E-state index is 13.4. The molecule has 2 aromatic rings. The minimum Gasteiger partial charge on any atom is -0.342 e. The number of carbonyl (C=O) groups is 1. The average Bonchev–Trinajstić information content (AvgIpc) is 3.26. The van der Waals surface area contributed by atoms with Crippen LogP contribution >= 0.6 is 0 Å². The molecule has 2 saturated heterocycles. The molecule has 1 amide bonds. The molecule has 0 N–H and O–H groups in total. The van der Waals surface area contributed by atoms with Crippen molar-refractivity contribution in [2.24, 2.45) is 5.92 Å². The Morgan fingerprint density at radius 3 is 2.81 bits per heavy atom. The molecule has 0 aliphatic carbocycles. The molecule has 27 heavy (non-hydrogen) atoms. The van der Waals surface area contributed by atoms with Crippen LogP contribution < -0.4 is 0 Å². The number of halogens is 2. The summed E-state index contributed by atoms with van der Waals surface area (Å²) in [6.45, 7) is 0.885. The highest BCUT2D eigenvalue weighted by atomic mass is 32.2. The lowest BCUT2D eigenvalue weighted by Crippen LogP contribution is -2.42. The second-order valence-corrected chi connectivity index (χ2v) is 9.33. The number of likely N-dealkylation sites (tertiary alicyclic amines) is 1. The Bertz CT molecular complexity index is 978. The number of carbonyl (C=O) groups excluding carboxylic acids is 1. The van der Waals surface area contributed by atoms with Crippen molar-refractivity contribution in [3.8, 4) is 0 Å². The molecular weight excluding hydrogens is 380 g/mol. The highest BCUT2D eigenvalue weighted by Gasteiger charge is 2.37. The van der Waals surface area contributed by atoms with Crippen molar-refractivity contribution in [2.45, 2.75) is 31.6 Å². The summed E-state index contributed by atoms with van der Waals surface area (Å²) < 4.78 is 51.0. The summed E-state index contributed by atoms with van der Waals surface area (Å²) in [5.41, 5.74) is 0.181. The van der Waals surface area contributed by atoms with E-state index < -0.39 is 22.2 Å². The zero-order valence-electron chi connectivity index (χ0n) is 14.5. The van der Waals surface area contributed by atoms with Gasteiger partial charge >= 0.3 is 0 Å². The van der Waals surface area contributed by atoms with Crippen LogP contribution in [-0.2, 0) is 14.6 Å².